The molecule has 0 radical (unpaired) electrons. The van der Waals surface area contributed by atoms with Crippen molar-refractivity contribution in [1.29, 1.82) is 0 Å². The number of likely N-dealkylation sites (N-methyl/N-ethyl adjacent to an activating group) is 1. The maximum absolute atomic E-state index is 12.6. The fraction of sp³-hybridized carbons (Fsp3) is 0.286. The number of nitrogens with one attached hydrogen (secondary N) is 2. The van der Waals surface area contributed by atoms with Crippen LogP contribution < -0.4 is 15.6 Å². The molecule has 0 fully saturated rings. The van der Waals surface area contributed by atoms with Crippen molar-refractivity contribution in [3.63, 3.8) is 0 Å². The number of methoxy groups -OCH3 is 1. The van der Waals surface area contributed by atoms with Crippen molar-refractivity contribution >= 4 is 34.1 Å². The maximum Gasteiger partial charge on any atom is 0.258 e. The Hall–Kier alpha value is -2.90. The number of hydrogen-bond donors (Lipinski definition) is 2. The molecule has 29 heavy (non-hydrogen) atoms. The molecule has 3 rings (SSSR count). The van der Waals surface area contributed by atoms with Crippen LogP contribution in [0.4, 0.5) is 5.69 Å². The number of carbonyl (C=O) groups excluding carboxylic acids is 1. The Labute approximate surface area is 173 Å². The van der Waals surface area contributed by atoms with Crippen LogP contribution in [0.2, 0.25) is 5.02 Å². The van der Waals surface area contributed by atoms with Gasteiger partial charge in [-0.15, -0.1) is 0 Å². The lowest BCUT2D eigenvalue weighted by Gasteiger charge is -2.20. The Morgan fingerprint density at radius 3 is 2.79 bits per heavy atom. The van der Waals surface area contributed by atoms with E-state index in [9.17, 15) is 9.59 Å². The van der Waals surface area contributed by atoms with Gasteiger partial charge in [0.25, 0.3) is 5.56 Å². The summed E-state index contributed by atoms with van der Waals surface area (Å²) in [5.74, 6) is 0.816. The number of carbonyl (C=O) groups is 1. The zero-order chi connectivity index (χ0) is 21.0. The first-order valence-corrected chi connectivity index (χ1v) is 9.63. The number of halogens is 1. The number of aromatic nitrogens is 2. The molecule has 0 spiro atoms. The fourth-order valence-electron chi connectivity index (χ4n) is 3.02. The summed E-state index contributed by atoms with van der Waals surface area (Å²) in [7, 11) is 1.52. The summed E-state index contributed by atoms with van der Waals surface area (Å²) in [6.45, 7) is 4.90. The van der Waals surface area contributed by atoms with E-state index in [4.69, 9.17) is 16.3 Å². The first kappa shape index (κ1) is 20.8. The predicted molar refractivity (Wildman–Crippen MR) is 115 cm³/mol. The lowest BCUT2D eigenvalue weighted by Crippen LogP contribution is -2.34. The number of fused-ring (bicyclic) bond motifs is 1. The molecule has 1 heterocycles. The van der Waals surface area contributed by atoms with Crippen LogP contribution in [0.3, 0.4) is 0 Å². The average Bonchev–Trinajstić information content (AvgIpc) is 2.70. The van der Waals surface area contributed by atoms with Gasteiger partial charge in [0.05, 0.1) is 36.8 Å². The molecule has 8 heteroatoms. The Morgan fingerprint density at radius 1 is 1.31 bits per heavy atom. The number of nitrogens with zero attached hydrogens (tertiary/aromatic N) is 2. The van der Waals surface area contributed by atoms with Crippen molar-refractivity contribution in [1.82, 2.24) is 14.9 Å². The summed E-state index contributed by atoms with van der Waals surface area (Å²) in [6.07, 6.45) is 0. The molecule has 0 bridgehead atoms. The van der Waals surface area contributed by atoms with Gasteiger partial charge in [-0.1, -0.05) is 30.7 Å². The molecule has 7 nitrogen and oxygen atoms in total. The molecule has 0 aliphatic rings. The fourth-order valence-corrected chi connectivity index (χ4v) is 3.18. The molecule has 1 amide bonds. The van der Waals surface area contributed by atoms with E-state index in [1.807, 2.05) is 24.8 Å². The van der Waals surface area contributed by atoms with Gasteiger partial charge in [0, 0.05) is 11.1 Å². The lowest BCUT2D eigenvalue weighted by atomic mass is 10.2. The summed E-state index contributed by atoms with van der Waals surface area (Å²) in [5, 5.41) is 3.98. The second-order valence-corrected chi connectivity index (χ2v) is 7.09. The number of ether oxygens (including phenoxy) is 1. The van der Waals surface area contributed by atoms with E-state index in [0.717, 1.165) is 5.56 Å². The van der Waals surface area contributed by atoms with Crippen LogP contribution in [-0.2, 0) is 11.3 Å². The number of rotatable bonds is 7. The number of hydrogen-bond acceptors (Lipinski definition) is 5. The number of amides is 1. The summed E-state index contributed by atoms with van der Waals surface area (Å²) in [5.41, 5.74) is 1.85. The highest BCUT2D eigenvalue weighted by atomic mass is 35.5. The number of aromatic amines is 1. The van der Waals surface area contributed by atoms with Crippen LogP contribution in [0.5, 0.6) is 5.75 Å². The van der Waals surface area contributed by atoms with E-state index in [0.29, 0.717) is 46.3 Å². The molecule has 2 N–H and O–H groups in total. The topological polar surface area (TPSA) is 87.3 Å². The lowest BCUT2D eigenvalue weighted by molar-refractivity contribution is -0.117. The third-order valence-corrected chi connectivity index (χ3v) is 5.01. The SMILES string of the molecule is CCN(CC(=O)Nc1cc(C)c(Cl)cc1OC)Cc1nc2ccccc2c(=O)[nH]1. The summed E-state index contributed by atoms with van der Waals surface area (Å²) in [4.78, 5) is 34.0. The summed E-state index contributed by atoms with van der Waals surface area (Å²) < 4.78 is 5.30. The molecule has 0 saturated heterocycles. The summed E-state index contributed by atoms with van der Waals surface area (Å²) in [6, 6.07) is 10.6. The molecule has 1 aromatic heterocycles. The van der Waals surface area contributed by atoms with Gasteiger partial charge in [0.2, 0.25) is 5.91 Å². The minimum Gasteiger partial charge on any atom is -0.495 e. The van der Waals surface area contributed by atoms with Crippen LogP contribution in [-0.4, -0.2) is 41.0 Å². The molecular weight excluding hydrogens is 392 g/mol. The van der Waals surface area contributed by atoms with Gasteiger partial charge >= 0.3 is 0 Å². The van der Waals surface area contributed by atoms with E-state index in [1.54, 1.807) is 30.3 Å². The van der Waals surface area contributed by atoms with E-state index >= 15 is 0 Å². The molecule has 0 aliphatic carbocycles. The first-order valence-electron chi connectivity index (χ1n) is 9.25. The second kappa shape index (κ2) is 9.07. The maximum atomic E-state index is 12.6. The predicted octanol–water partition coefficient (Wildman–Crippen LogP) is 3.35. The number of benzene rings is 2. The smallest absolute Gasteiger partial charge is 0.258 e. The Kier molecular flexibility index (Phi) is 6.51. The molecule has 2 aromatic carbocycles. The quantitative estimate of drug-likeness (QED) is 0.619. The van der Waals surface area contributed by atoms with E-state index < -0.39 is 0 Å². The van der Waals surface area contributed by atoms with Gasteiger partial charge in [-0.25, -0.2) is 4.98 Å². The van der Waals surface area contributed by atoms with Crippen LogP contribution in [0.25, 0.3) is 10.9 Å². The van der Waals surface area contributed by atoms with Crippen molar-refractivity contribution in [2.24, 2.45) is 0 Å². The minimum atomic E-state index is -0.199. The van der Waals surface area contributed by atoms with E-state index in [1.165, 1.54) is 7.11 Å². The number of aryl methyl sites for hydroxylation is 1. The molecule has 0 saturated carbocycles. The van der Waals surface area contributed by atoms with E-state index in [-0.39, 0.29) is 18.0 Å². The van der Waals surface area contributed by atoms with Gasteiger partial charge < -0.3 is 15.0 Å². The first-order chi connectivity index (χ1) is 13.9. The van der Waals surface area contributed by atoms with Gasteiger partial charge in [-0.05, 0) is 37.2 Å². The average molecular weight is 415 g/mol. The monoisotopic (exact) mass is 414 g/mol. The van der Waals surface area contributed by atoms with Gasteiger partial charge in [0.1, 0.15) is 11.6 Å². The Morgan fingerprint density at radius 2 is 2.07 bits per heavy atom. The number of anilines is 1. The molecule has 0 aliphatic heterocycles. The molecule has 0 unspecified atom stereocenters. The third kappa shape index (κ3) is 4.93. The number of para-hydroxylation sites is 1. The van der Waals surface area contributed by atoms with Crippen molar-refractivity contribution in [3.05, 3.63) is 63.2 Å². The van der Waals surface area contributed by atoms with Crippen molar-refractivity contribution in [3.8, 4) is 5.75 Å². The van der Waals surface area contributed by atoms with Crippen molar-refractivity contribution in [2.45, 2.75) is 20.4 Å². The third-order valence-electron chi connectivity index (χ3n) is 4.60. The van der Waals surface area contributed by atoms with Crippen LogP contribution in [0.1, 0.15) is 18.3 Å². The zero-order valence-corrected chi connectivity index (χ0v) is 17.3. The van der Waals surface area contributed by atoms with Gasteiger partial charge in [-0.2, -0.15) is 0 Å². The van der Waals surface area contributed by atoms with Crippen molar-refractivity contribution in [2.75, 3.05) is 25.5 Å². The van der Waals surface area contributed by atoms with E-state index in [2.05, 4.69) is 15.3 Å². The Bertz CT molecular complexity index is 1100. The minimum absolute atomic E-state index is 0.137. The molecule has 3 aromatic rings. The Balaban J connectivity index is 1.73. The normalized spacial score (nSPS) is 11.1. The second-order valence-electron chi connectivity index (χ2n) is 6.68. The van der Waals surface area contributed by atoms with Gasteiger partial charge in [0.15, 0.2) is 0 Å². The molecule has 0 atom stereocenters. The highest BCUT2D eigenvalue weighted by Crippen LogP contribution is 2.30. The van der Waals surface area contributed by atoms with Crippen molar-refractivity contribution < 1.29 is 9.53 Å². The highest BCUT2D eigenvalue weighted by Gasteiger charge is 2.15. The van der Waals surface area contributed by atoms with Gasteiger partial charge in [-0.3, -0.25) is 14.5 Å². The standard InChI is InChI=1S/C21H23ClN4O3/c1-4-26(11-19-23-16-8-6-5-7-14(16)21(28)25-19)12-20(27)24-17-9-13(2)15(22)10-18(17)29-3/h5-10H,4,11-12H2,1-3H3,(H,24,27)(H,23,25,28). The molecular formula is C21H23ClN4O3. The summed E-state index contributed by atoms with van der Waals surface area (Å²) >= 11 is 6.12. The molecule has 152 valence electrons. The van der Waals surface area contributed by atoms with Crippen LogP contribution in [0.15, 0.2) is 41.2 Å². The van der Waals surface area contributed by atoms with Crippen LogP contribution >= 0.6 is 11.6 Å². The van der Waals surface area contributed by atoms with Crippen LogP contribution in [0, 0.1) is 6.92 Å². The largest absolute Gasteiger partial charge is 0.495 e. The highest BCUT2D eigenvalue weighted by molar-refractivity contribution is 6.31. The zero-order valence-electron chi connectivity index (χ0n) is 16.6. The number of H-pyrrole nitrogens is 1.